The molecule has 1 aliphatic heterocycles. The summed E-state index contributed by atoms with van der Waals surface area (Å²) in [6, 6.07) is 15.5. The molecule has 0 bridgehead atoms. The van der Waals surface area contributed by atoms with Crippen LogP contribution in [0.4, 0.5) is 11.4 Å². The molecule has 2 aromatic heterocycles. The van der Waals surface area contributed by atoms with Crippen LogP contribution in [0.2, 0.25) is 0 Å². The molecule has 37 heavy (non-hydrogen) atoms. The minimum Gasteiger partial charge on any atom is -0.504 e. The van der Waals surface area contributed by atoms with Gasteiger partial charge in [-0.1, -0.05) is 43.3 Å². The summed E-state index contributed by atoms with van der Waals surface area (Å²) >= 11 is 0. The number of hydrogen-bond donors (Lipinski definition) is 3. The lowest BCUT2D eigenvalue weighted by Gasteiger charge is -2.43. The van der Waals surface area contributed by atoms with E-state index in [1.165, 1.54) is 17.7 Å². The van der Waals surface area contributed by atoms with Crippen LogP contribution in [0.25, 0.3) is 11.2 Å². The predicted octanol–water partition coefficient (Wildman–Crippen LogP) is 3.81. The van der Waals surface area contributed by atoms with E-state index in [9.17, 15) is 15.0 Å². The Morgan fingerprint density at radius 2 is 1.89 bits per heavy atom. The van der Waals surface area contributed by atoms with Crippen molar-refractivity contribution in [1.29, 1.82) is 0 Å². The second-order valence-corrected chi connectivity index (χ2v) is 9.82. The van der Waals surface area contributed by atoms with Gasteiger partial charge in [0, 0.05) is 26.2 Å². The Hall–Kier alpha value is -4.11. The molecule has 5 rings (SSSR count). The second kappa shape index (κ2) is 10.5. The van der Waals surface area contributed by atoms with Crippen molar-refractivity contribution in [3.63, 3.8) is 0 Å². The van der Waals surface area contributed by atoms with E-state index in [4.69, 9.17) is 4.98 Å². The second-order valence-electron chi connectivity index (χ2n) is 9.82. The Morgan fingerprint density at radius 1 is 1.08 bits per heavy atom. The van der Waals surface area contributed by atoms with Gasteiger partial charge in [-0.15, -0.1) is 0 Å². The first-order chi connectivity index (χ1) is 17.9. The molecule has 1 aliphatic rings. The van der Waals surface area contributed by atoms with Crippen molar-refractivity contribution in [2.24, 2.45) is 5.92 Å². The van der Waals surface area contributed by atoms with E-state index in [1.54, 1.807) is 18.6 Å². The smallest absolute Gasteiger partial charge is 0.211 e. The first-order valence-electron chi connectivity index (χ1n) is 12.5. The number of likely N-dealkylation sites (N-methyl/N-ethyl adjacent to an activating group) is 1. The number of fused-ring (bicyclic) bond motifs is 1. The largest absolute Gasteiger partial charge is 0.504 e. The fourth-order valence-corrected chi connectivity index (χ4v) is 5.27. The lowest BCUT2D eigenvalue weighted by Crippen LogP contribution is -2.50. The first kappa shape index (κ1) is 24.6. The van der Waals surface area contributed by atoms with E-state index in [-0.39, 0.29) is 17.5 Å². The summed E-state index contributed by atoms with van der Waals surface area (Å²) in [4.78, 5) is 25.5. The Morgan fingerprint density at radius 3 is 2.65 bits per heavy atom. The number of aromatic nitrogens is 3. The average molecular weight is 501 g/mol. The molecule has 2 atom stereocenters. The molecule has 1 fully saturated rings. The maximum Gasteiger partial charge on any atom is 0.211 e. The van der Waals surface area contributed by atoms with Gasteiger partial charge in [0.15, 0.2) is 17.1 Å². The molecule has 1 saturated heterocycles. The highest BCUT2D eigenvalue weighted by atomic mass is 16.3. The Labute approximate surface area is 216 Å². The molecule has 9 heteroatoms. The molecule has 2 unspecified atom stereocenters. The molecule has 1 amide bonds. The third-order valence-corrected chi connectivity index (χ3v) is 7.31. The zero-order valence-electron chi connectivity index (χ0n) is 21.1. The van der Waals surface area contributed by atoms with Gasteiger partial charge in [-0.2, -0.15) is 0 Å². The molecular formula is C28H32N6O3. The summed E-state index contributed by atoms with van der Waals surface area (Å²) in [5, 5.41) is 22.4. The van der Waals surface area contributed by atoms with Gasteiger partial charge in [-0.25, -0.2) is 9.97 Å². The molecule has 0 saturated carbocycles. The highest BCUT2D eigenvalue weighted by molar-refractivity contribution is 5.97. The number of hydrogen-bond acceptors (Lipinski definition) is 7. The van der Waals surface area contributed by atoms with Crippen LogP contribution in [-0.2, 0) is 17.9 Å². The number of nitrogens with one attached hydrogen (secondary N) is 1. The van der Waals surface area contributed by atoms with Crippen molar-refractivity contribution in [1.82, 2.24) is 19.4 Å². The van der Waals surface area contributed by atoms with E-state index in [0.29, 0.717) is 35.7 Å². The predicted molar refractivity (Wildman–Crippen MR) is 144 cm³/mol. The number of imidazole rings is 1. The van der Waals surface area contributed by atoms with Crippen molar-refractivity contribution in [2.45, 2.75) is 32.5 Å². The summed E-state index contributed by atoms with van der Waals surface area (Å²) < 4.78 is 1.90. The van der Waals surface area contributed by atoms with Gasteiger partial charge in [0.2, 0.25) is 6.41 Å². The van der Waals surface area contributed by atoms with Crippen LogP contribution in [-0.4, -0.2) is 62.2 Å². The number of pyridine rings is 1. The molecule has 192 valence electrons. The number of piperidine rings is 1. The van der Waals surface area contributed by atoms with Crippen LogP contribution in [0.1, 0.15) is 24.5 Å². The monoisotopic (exact) mass is 500 g/mol. The van der Waals surface area contributed by atoms with Crippen LogP contribution >= 0.6 is 0 Å². The minimum absolute atomic E-state index is 0.159. The number of benzene rings is 2. The Bertz CT molecular complexity index is 1390. The van der Waals surface area contributed by atoms with Crippen molar-refractivity contribution in [3.05, 3.63) is 72.2 Å². The third kappa shape index (κ3) is 5.08. The van der Waals surface area contributed by atoms with E-state index < -0.39 is 0 Å². The van der Waals surface area contributed by atoms with Crippen molar-refractivity contribution in [3.8, 4) is 11.5 Å². The van der Waals surface area contributed by atoms with Crippen LogP contribution in [0.5, 0.6) is 11.5 Å². The van der Waals surface area contributed by atoms with Crippen molar-refractivity contribution >= 4 is 28.9 Å². The quantitative estimate of drug-likeness (QED) is 0.250. The number of anilines is 2. The number of aromatic hydroxyl groups is 2. The molecular weight excluding hydrogens is 468 g/mol. The van der Waals surface area contributed by atoms with Crippen molar-refractivity contribution < 1.29 is 15.0 Å². The number of carbonyl (C=O) groups is 1. The highest BCUT2D eigenvalue weighted by Gasteiger charge is 2.32. The fourth-order valence-electron chi connectivity index (χ4n) is 5.27. The van der Waals surface area contributed by atoms with Gasteiger partial charge in [0.25, 0.3) is 0 Å². The summed E-state index contributed by atoms with van der Waals surface area (Å²) in [6.45, 7) is 5.54. The van der Waals surface area contributed by atoms with Crippen LogP contribution in [0.3, 0.4) is 0 Å². The SMILES string of the molecule is CC1CCN(Cc2ccccc2)CC1N(C)c1c(NC=O)cnc2c1ncn2Cc1ccc(O)c(O)c1. The normalized spacial score (nSPS) is 18.1. The number of phenols is 2. The van der Waals surface area contributed by atoms with E-state index in [0.717, 1.165) is 37.3 Å². The zero-order chi connectivity index (χ0) is 25.9. The molecule has 3 heterocycles. The van der Waals surface area contributed by atoms with E-state index >= 15 is 0 Å². The average Bonchev–Trinajstić information content (AvgIpc) is 3.30. The standard InChI is InChI=1S/C28H32N6O3/c1-19-10-11-33(14-20-6-4-3-5-7-20)16-23(19)32(2)27-22(31-18-35)13-29-28-26(27)30-17-34(28)15-21-8-9-24(36)25(37)12-21/h3-9,12-13,17-19,23,36-37H,10-11,14-16H2,1-2H3,(H,31,35). The fraction of sp³-hybridized carbons (Fsp3) is 0.321. The maximum absolute atomic E-state index is 11.5. The molecule has 2 aromatic carbocycles. The zero-order valence-corrected chi connectivity index (χ0v) is 21.1. The van der Waals surface area contributed by atoms with Crippen LogP contribution in [0, 0.1) is 5.92 Å². The molecule has 0 aliphatic carbocycles. The number of nitrogens with zero attached hydrogens (tertiary/aromatic N) is 5. The Balaban J connectivity index is 1.46. The van der Waals surface area contributed by atoms with E-state index in [2.05, 4.69) is 58.3 Å². The summed E-state index contributed by atoms with van der Waals surface area (Å²) in [7, 11) is 2.06. The molecule has 3 N–H and O–H groups in total. The number of likely N-dealkylation sites (tertiary alicyclic amines) is 1. The first-order valence-corrected chi connectivity index (χ1v) is 12.5. The molecule has 0 radical (unpaired) electrons. The summed E-state index contributed by atoms with van der Waals surface area (Å²) in [5.74, 6) is 0.124. The van der Waals surface area contributed by atoms with Crippen LogP contribution < -0.4 is 10.2 Å². The topological polar surface area (TPSA) is 107 Å². The highest BCUT2D eigenvalue weighted by Crippen LogP contribution is 2.36. The number of phenolic OH excluding ortho intramolecular Hbond substituents is 2. The third-order valence-electron chi connectivity index (χ3n) is 7.31. The number of rotatable bonds is 8. The van der Waals surface area contributed by atoms with Gasteiger partial charge in [0.1, 0.15) is 5.52 Å². The van der Waals surface area contributed by atoms with Crippen molar-refractivity contribution in [2.75, 3.05) is 30.4 Å². The number of amides is 1. The van der Waals surface area contributed by atoms with Gasteiger partial charge >= 0.3 is 0 Å². The minimum atomic E-state index is -0.167. The lowest BCUT2D eigenvalue weighted by atomic mass is 9.91. The van der Waals surface area contributed by atoms with Gasteiger partial charge in [0.05, 0.1) is 30.4 Å². The summed E-state index contributed by atoms with van der Waals surface area (Å²) in [6.07, 6.45) is 5.13. The maximum atomic E-state index is 11.5. The molecule has 4 aromatic rings. The molecule has 9 nitrogen and oxygen atoms in total. The van der Waals surface area contributed by atoms with Gasteiger partial charge in [-0.05, 0) is 42.1 Å². The van der Waals surface area contributed by atoms with Crippen LogP contribution in [0.15, 0.2) is 61.1 Å². The summed E-state index contributed by atoms with van der Waals surface area (Å²) in [5.41, 5.74) is 4.93. The lowest BCUT2D eigenvalue weighted by molar-refractivity contribution is -0.105. The van der Waals surface area contributed by atoms with Gasteiger partial charge < -0.3 is 25.0 Å². The van der Waals surface area contributed by atoms with E-state index in [1.807, 2.05) is 10.6 Å². The Kier molecular flexibility index (Phi) is 6.96. The molecule has 0 spiro atoms. The van der Waals surface area contributed by atoms with Gasteiger partial charge in [-0.3, -0.25) is 9.69 Å². The number of carbonyl (C=O) groups excluding carboxylic acids is 1.